The molecular weight excluding hydrogens is 617 g/mol. The molecule has 51 heavy (non-hydrogen) atoms. The third-order valence-electron chi connectivity index (χ3n) is 10.5. The van der Waals surface area contributed by atoms with E-state index in [9.17, 15) is 0 Å². The molecule has 0 saturated carbocycles. The van der Waals surface area contributed by atoms with E-state index in [0.29, 0.717) is 0 Å². The zero-order chi connectivity index (χ0) is 35.8. The molecule has 0 unspecified atom stereocenters. The van der Waals surface area contributed by atoms with Crippen molar-refractivity contribution in [2.24, 2.45) is 0 Å². The number of hydrogen-bond acceptors (Lipinski definition) is 2. The predicted octanol–water partition coefficient (Wildman–Crippen LogP) is 12.1. The van der Waals surface area contributed by atoms with Crippen LogP contribution in [-0.2, 0) is 0 Å². The molecule has 1 aliphatic rings. The monoisotopic (exact) mass is 668 g/mol. The molecule has 2 nitrogen and oxygen atoms in total. The zero-order valence-corrected chi connectivity index (χ0v) is 31.6. The van der Waals surface area contributed by atoms with Gasteiger partial charge in [-0.15, -0.1) is 0 Å². The van der Waals surface area contributed by atoms with Crippen molar-refractivity contribution >= 4 is 0 Å². The maximum atomic E-state index is 2.81. The Morgan fingerprint density at radius 1 is 0.353 bits per heavy atom. The maximum Gasteiger partial charge on any atom is 0.0620 e. The van der Waals surface area contributed by atoms with Crippen LogP contribution in [0.3, 0.4) is 0 Å². The van der Waals surface area contributed by atoms with Crippen molar-refractivity contribution < 1.29 is 0 Å². The van der Waals surface area contributed by atoms with E-state index in [1.54, 1.807) is 0 Å². The third kappa shape index (κ3) is 7.35. The number of aryl methyl sites for hydroxylation is 8. The largest absolute Gasteiger partial charge is 0.270 e. The molecule has 0 amide bonds. The quantitative estimate of drug-likeness (QED) is 0.159. The van der Waals surface area contributed by atoms with Crippen LogP contribution in [0, 0.1) is 55.4 Å². The van der Waals surface area contributed by atoms with Gasteiger partial charge < -0.3 is 0 Å². The summed E-state index contributed by atoms with van der Waals surface area (Å²) in [6.45, 7) is 18.7. The van der Waals surface area contributed by atoms with E-state index in [-0.39, 0.29) is 24.2 Å². The Bertz CT molecular complexity index is 1810. The molecule has 0 spiro atoms. The predicted molar refractivity (Wildman–Crippen MR) is 214 cm³/mol. The highest BCUT2D eigenvalue weighted by atomic mass is 15.4. The molecule has 6 aromatic rings. The van der Waals surface area contributed by atoms with Gasteiger partial charge in [0.1, 0.15) is 0 Å². The van der Waals surface area contributed by atoms with Crippen LogP contribution >= 0.6 is 0 Å². The fourth-order valence-corrected chi connectivity index (χ4v) is 9.08. The lowest BCUT2D eigenvalue weighted by Gasteiger charge is -2.36. The molecule has 0 aliphatic carbocycles. The molecule has 2 atom stereocenters. The average Bonchev–Trinajstić information content (AvgIpc) is 3.43. The smallest absolute Gasteiger partial charge is 0.0620 e. The third-order valence-corrected chi connectivity index (χ3v) is 10.5. The van der Waals surface area contributed by atoms with Crippen LogP contribution in [0.5, 0.6) is 0 Å². The SMILES string of the molecule is Cc1cc(C)cc(C(c2cc(C)cc(C)c2)N2CN(C(c3cc(C)cc(C)c3)c3cc(C)cc(C)c3)[C@@H](c3ccccc3)[C@@H]2c2ccccc2)c1. The van der Waals surface area contributed by atoms with E-state index in [4.69, 9.17) is 0 Å². The summed E-state index contributed by atoms with van der Waals surface area (Å²) < 4.78 is 0. The molecule has 1 heterocycles. The summed E-state index contributed by atoms with van der Waals surface area (Å²) in [6.07, 6.45) is 0. The molecule has 6 aromatic carbocycles. The van der Waals surface area contributed by atoms with Gasteiger partial charge in [0.2, 0.25) is 0 Å². The standard InChI is InChI=1S/C49H52N2/c1-32-19-33(2)24-42(23-32)46(43-25-34(3)20-35(4)26-43)50-31-51(49(41-17-13-10-14-18-41)48(50)40-15-11-9-12-16-40)47(44-27-36(5)21-37(6)28-44)45-29-38(7)22-39(8)30-45/h9-30,46-49H,31H2,1-8H3/t48-,49-/m0/s1. The van der Waals surface area contributed by atoms with Crippen molar-refractivity contribution in [1.82, 2.24) is 9.80 Å². The van der Waals surface area contributed by atoms with Gasteiger partial charge in [-0.2, -0.15) is 0 Å². The van der Waals surface area contributed by atoms with Gasteiger partial charge in [0.15, 0.2) is 0 Å². The van der Waals surface area contributed by atoms with Crippen LogP contribution in [0.2, 0.25) is 0 Å². The molecule has 0 radical (unpaired) electrons. The van der Waals surface area contributed by atoms with Crippen molar-refractivity contribution in [3.63, 3.8) is 0 Å². The van der Waals surface area contributed by atoms with Crippen molar-refractivity contribution in [1.29, 1.82) is 0 Å². The first-order chi connectivity index (χ1) is 24.5. The van der Waals surface area contributed by atoms with E-state index in [1.165, 1.54) is 77.9 Å². The van der Waals surface area contributed by atoms with Gasteiger partial charge in [-0.1, -0.05) is 178 Å². The average molecular weight is 669 g/mol. The molecular formula is C49H52N2. The summed E-state index contributed by atoms with van der Waals surface area (Å²) >= 11 is 0. The lowest BCUT2D eigenvalue weighted by Crippen LogP contribution is -2.33. The highest BCUT2D eigenvalue weighted by molar-refractivity contribution is 5.45. The van der Waals surface area contributed by atoms with Crippen molar-refractivity contribution in [2.75, 3.05) is 6.67 Å². The van der Waals surface area contributed by atoms with Crippen molar-refractivity contribution in [2.45, 2.75) is 79.6 Å². The molecule has 1 saturated heterocycles. The van der Waals surface area contributed by atoms with Crippen LogP contribution in [0.1, 0.15) is 102 Å². The van der Waals surface area contributed by atoms with Crippen LogP contribution in [-0.4, -0.2) is 16.5 Å². The van der Waals surface area contributed by atoms with Crippen LogP contribution in [0.4, 0.5) is 0 Å². The first-order valence-electron chi connectivity index (χ1n) is 18.5. The molecule has 258 valence electrons. The Kier molecular flexibility index (Phi) is 9.84. The van der Waals surface area contributed by atoms with Gasteiger partial charge in [0.25, 0.3) is 0 Å². The number of nitrogens with zero attached hydrogens (tertiary/aromatic N) is 2. The molecule has 1 aliphatic heterocycles. The molecule has 0 N–H and O–H groups in total. The van der Waals surface area contributed by atoms with Gasteiger partial charge in [-0.05, 0) is 88.8 Å². The Hall–Kier alpha value is -4.76. The summed E-state index contributed by atoms with van der Waals surface area (Å²) in [5, 5.41) is 0. The minimum atomic E-state index is 0.0442. The number of benzene rings is 6. The minimum Gasteiger partial charge on any atom is -0.270 e. The van der Waals surface area contributed by atoms with E-state index in [0.717, 1.165) is 6.67 Å². The molecule has 1 fully saturated rings. The highest BCUT2D eigenvalue weighted by Crippen LogP contribution is 2.53. The molecule has 0 bridgehead atoms. The van der Waals surface area contributed by atoms with Crippen molar-refractivity contribution in [3.8, 4) is 0 Å². The highest BCUT2D eigenvalue weighted by Gasteiger charge is 2.48. The van der Waals surface area contributed by atoms with E-state index >= 15 is 0 Å². The van der Waals surface area contributed by atoms with Gasteiger partial charge in [0.05, 0.1) is 30.8 Å². The first-order valence-corrected chi connectivity index (χ1v) is 18.5. The minimum absolute atomic E-state index is 0.0442. The summed E-state index contributed by atoms with van der Waals surface area (Å²) in [5.41, 5.74) is 18.5. The Morgan fingerprint density at radius 3 is 0.824 bits per heavy atom. The lowest BCUT2D eigenvalue weighted by molar-refractivity contribution is 0.164. The van der Waals surface area contributed by atoms with Gasteiger partial charge in [-0.3, -0.25) is 9.80 Å². The molecule has 7 rings (SSSR count). The summed E-state index contributed by atoms with van der Waals surface area (Å²) in [6, 6.07) is 51.4. The Balaban J connectivity index is 1.54. The lowest BCUT2D eigenvalue weighted by atomic mass is 9.86. The zero-order valence-electron chi connectivity index (χ0n) is 31.6. The van der Waals surface area contributed by atoms with E-state index in [1.807, 2.05) is 0 Å². The Labute approximate surface area is 306 Å². The Morgan fingerprint density at radius 2 is 0.588 bits per heavy atom. The van der Waals surface area contributed by atoms with E-state index < -0.39 is 0 Å². The van der Waals surface area contributed by atoms with Gasteiger partial charge in [-0.25, -0.2) is 0 Å². The second-order valence-electron chi connectivity index (χ2n) is 15.4. The normalized spacial score (nSPS) is 16.7. The topological polar surface area (TPSA) is 6.48 Å². The summed E-state index contributed by atoms with van der Waals surface area (Å²) in [4.78, 5) is 5.63. The summed E-state index contributed by atoms with van der Waals surface area (Å²) in [7, 11) is 0. The van der Waals surface area contributed by atoms with Crippen LogP contribution in [0.15, 0.2) is 133 Å². The van der Waals surface area contributed by atoms with E-state index in [2.05, 4.69) is 199 Å². The van der Waals surface area contributed by atoms with Crippen molar-refractivity contribution in [3.05, 3.63) is 211 Å². The maximum absolute atomic E-state index is 2.81. The number of rotatable bonds is 8. The molecule has 2 heteroatoms. The number of hydrogen-bond donors (Lipinski definition) is 0. The fraction of sp³-hybridized carbons (Fsp3) is 0.265. The summed E-state index contributed by atoms with van der Waals surface area (Å²) in [5.74, 6) is 0. The molecule has 0 aromatic heterocycles. The second kappa shape index (κ2) is 14.5. The first kappa shape index (κ1) is 34.7. The van der Waals surface area contributed by atoms with Gasteiger partial charge >= 0.3 is 0 Å². The van der Waals surface area contributed by atoms with Crippen LogP contribution < -0.4 is 0 Å². The second-order valence-corrected chi connectivity index (χ2v) is 15.4. The van der Waals surface area contributed by atoms with Gasteiger partial charge in [0, 0.05) is 0 Å². The van der Waals surface area contributed by atoms with Crippen LogP contribution in [0.25, 0.3) is 0 Å². The fourth-order valence-electron chi connectivity index (χ4n) is 9.08.